The van der Waals surface area contributed by atoms with E-state index in [-0.39, 0.29) is 24.0 Å². The van der Waals surface area contributed by atoms with Crippen LogP contribution >= 0.6 is 0 Å². The lowest BCUT2D eigenvalue weighted by atomic mass is 10.1. The third-order valence-electron chi connectivity index (χ3n) is 3.77. The van der Waals surface area contributed by atoms with E-state index in [9.17, 15) is 14.4 Å². The molecule has 0 aliphatic rings. The van der Waals surface area contributed by atoms with Crippen molar-refractivity contribution in [2.24, 2.45) is 0 Å². The maximum Gasteiger partial charge on any atom is 0.224 e. The molecule has 0 heterocycles. The molecule has 23 heavy (non-hydrogen) atoms. The van der Waals surface area contributed by atoms with Gasteiger partial charge in [0.2, 0.25) is 11.8 Å². The van der Waals surface area contributed by atoms with Crippen molar-refractivity contribution in [2.75, 3.05) is 25.0 Å². The molecule has 0 fully saturated rings. The van der Waals surface area contributed by atoms with Gasteiger partial charge in [0, 0.05) is 44.7 Å². The predicted octanol–water partition coefficient (Wildman–Crippen LogP) is 2.89. The number of unbranched alkanes of at least 4 members (excludes halogenated alkanes) is 1. The summed E-state index contributed by atoms with van der Waals surface area (Å²) in [6.07, 6.45) is 2.28. The Bertz CT molecular complexity index is 569. The number of carbonyl (C=O) groups excluding carboxylic acids is 3. The first-order valence-electron chi connectivity index (χ1n) is 7.99. The zero-order valence-corrected chi connectivity index (χ0v) is 14.5. The third kappa shape index (κ3) is 5.85. The molecule has 0 bridgehead atoms. The van der Waals surface area contributed by atoms with Crippen LogP contribution in [0.3, 0.4) is 0 Å². The molecule has 126 valence electrons. The summed E-state index contributed by atoms with van der Waals surface area (Å²) in [6, 6.07) is 6.93. The summed E-state index contributed by atoms with van der Waals surface area (Å²) in [5.41, 5.74) is 1.20. The van der Waals surface area contributed by atoms with Crippen molar-refractivity contribution in [2.45, 2.75) is 40.0 Å². The molecule has 0 aliphatic heterocycles. The van der Waals surface area contributed by atoms with E-state index >= 15 is 0 Å². The second-order valence-corrected chi connectivity index (χ2v) is 5.70. The van der Waals surface area contributed by atoms with E-state index in [1.54, 1.807) is 36.2 Å². The number of benzene rings is 1. The highest BCUT2D eigenvalue weighted by Gasteiger charge is 2.16. The van der Waals surface area contributed by atoms with Gasteiger partial charge < -0.3 is 9.80 Å². The summed E-state index contributed by atoms with van der Waals surface area (Å²) in [4.78, 5) is 38.7. The van der Waals surface area contributed by atoms with Crippen LogP contribution in [0.5, 0.6) is 0 Å². The molecule has 1 rings (SSSR count). The number of amides is 2. The molecule has 5 heteroatoms. The fourth-order valence-corrected chi connectivity index (χ4v) is 2.28. The van der Waals surface area contributed by atoms with Gasteiger partial charge in [-0.15, -0.1) is 0 Å². The van der Waals surface area contributed by atoms with Gasteiger partial charge in [-0.2, -0.15) is 0 Å². The highest BCUT2D eigenvalue weighted by molar-refractivity contribution is 5.97. The summed E-state index contributed by atoms with van der Waals surface area (Å²) in [5.74, 6) is -0.173. The number of hydrogen-bond acceptors (Lipinski definition) is 3. The second kappa shape index (κ2) is 9.08. The molecule has 5 nitrogen and oxygen atoms in total. The molecule has 0 atom stereocenters. The van der Waals surface area contributed by atoms with Crippen molar-refractivity contribution >= 4 is 23.3 Å². The second-order valence-electron chi connectivity index (χ2n) is 5.70. The van der Waals surface area contributed by atoms with E-state index in [0.29, 0.717) is 17.8 Å². The fourth-order valence-electron chi connectivity index (χ4n) is 2.28. The minimum Gasteiger partial charge on any atom is -0.346 e. The zero-order valence-electron chi connectivity index (χ0n) is 14.5. The number of ketones is 1. The maximum absolute atomic E-state index is 12.1. The molecule has 0 aliphatic carbocycles. The van der Waals surface area contributed by atoms with Crippen molar-refractivity contribution in [3.05, 3.63) is 29.8 Å². The van der Waals surface area contributed by atoms with Crippen LogP contribution in [-0.2, 0) is 9.59 Å². The Morgan fingerprint density at radius 1 is 1.09 bits per heavy atom. The number of nitrogens with zero attached hydrogens (tertiary/aromatic N) is 2. The topological polar surface area (TPSA) is 57.7 Å². The Balaban J connectivity index is 2.76. The number of anilines is 1. The Hall–Kier alpha value is -2.17. The van der Waals surface area contributed by atoms with Crippen LogP contribution in [-0.4, -0.2) is 42.6 Å². The van der Waals surface area contributed by atoms with Crippen LogP contribution < -0.4 is 4.90 Å². The summed E-state index contributed by atoms with van der Waals surface area (Å²) in [5, 5.41) is 0. The van der Waals surface area contributed by atoms with Crippen LogP contribution in [0.15, 0.2) is 24.3 Å². The molecule has 0 radical (unpaired) electrons. The van der Waals surface area contributed by atoms with E-state index in [4.69, 9.17) is 0 Å². The number of carbonyl (C=O) groups is 3. The van der Waals surface area contributed by atoms with Crippen LogP contribution in [0.25, 0.3) is 0 Å². The largest absolute Gasteiger partial charge is 0.346 e. The molecular formula is C18H26N2O3. The predicted molar refractivity (Wildman–Crippen MR) is 91.6 cm³/mol. The van der Waals surface area contributed by atoms with Crippen LogP contribution in [0.1, 0.15) is 50.4 Å². The summed E-state index contributed by atoms with van der Waals surface area (Å²) < 4.78 is 0. The number of rotatable bonds is 8. The first-order chi connectivity index (χ1) is 10.9. The minimum atomic E-state index is -0.144. The van der Waals surface area contributed by atoms with Crippen molar-refractivity contribution in [1.29, 1.82) is 0 Å². The van der Waals surface area contributed by atoms with Crippen molar-refractivity contribution in [3.63, 3.8) is 0 Å². The van der Waals surface area contributed by atoms with Gasteiger partial charge in [-0.25, -0.2) is 0 Å². The van der Waals surface area contributed by atoms with Crippen LogP contribution in [0.4, 0.5) is 5.69 Å². The highest BCUT2D eigenvalue weighted by Crippen LogP contribution is 2.17. The van der Waals surface area contributed by atoms with E-state index in [1.165, 1.54) is 18.7 Å². The third-order valence-corrected chi connectivity index (χ3v) is 3.77. The quantitative estimate of drug-likeness (QED) is 0.693. The molecule has 0 saturated carbocycles. The molecular weight excluding hydrogens is 292 g/mol. The summed E-state index contributed by atoms with van der Waals surface area (Å²) in [7, 11) is 1.78. The van der Waals surface area contributed by atoms with E-state index in [1.807, 2.05) is 0 Å². The number of Topliss-reactive ketones (excluding diaryl/α,β-unsaturated/α-hetero) is 1. The van der Waals surface area contributed by atoms with Gasteiger partial charge in [-0.1, -0.05) is 25.5 Å². The van der Waals surface area contributed by atoms with Gasteiger partial charge >= 0.3 is 0 Å². The fraction of sp³-hybridized carbons (Fsp3) is 0.500. The van der Waals surface area contributed by atoms with Gasteiger partial charge in [0.15, 0.2) is 5.78 Å². The van der Waals surface area contributed by atoms with Crippen molar-refractivity contribution in [1.82, 2.24) is 4.90 Å². The van der Waals surface area contributed by atoms with E-state index in [0.717, 1.165) is 19.4 Å². The molecule has 0 N–H and O–H groups in total. The Morgan fingerprint density at radius 2 is 1.78 bits per heavy atom. The molecule has 0 saturated heterocycles. The highest BCUT2D eigenvalue weighted by atomic mass is 16.2. The number of hydrogen-bond donors (Lipinski definition) is 0. The normalized spacial score (nSPS) is 10.3. The van der Waals surface area contributed by atoms with Crippen molar-refractivity contribution < 1.29 is 14.4 Å². The van der Waals surface area contributed by atoms with Gasteiger partial charge in [0.25, 0.3) is 0 Å². The SMILES string of the molecule is CCCCN(C)C(=O)CCN(C(C)=O)c1cccc(C(C)=O)c1. The van der Waals surface area contributed by atoms with Crippen LogP contribution in [0, 0.1) is 0 Å². The van der Waals surface area contributed by atoms with E-state index < -0.39 is 0 Å². The van der Waals surface area contributed by atoms with E-state index in [2.05, 4.69) is 6.92 Å². The summed E-state index contributed by atoms with van der Waals surface area (Å²) >= 11 is 0. The monoisotopic (exact) mass is 318 g/mol. The maximum atomic E-state index is 12.1. The Morgan fingerprint density at radius 3 is 2.35 bits per heavy atom. The lowest BCUT2D eigenvalue weighted by Gasteiger charge is -2.23. The lowest BCUT2D eigenvalue weighted by molar-refractivity contribution is -0.129. The molecule has 0 unspecified atom stereocenters. The lowest BCUT2D eigenvalue weighted by Crippen LogP contribution is -2.35. The molecule has 0 spiro atoms. The Kier molecular flexibility index (Phi) is 7.45. The Labute approximate surface area is 138 Å². The minimum absolute atomic E-state index is 0.0208. The van der Waals surface area contributed by atoms with Gasteiger partial charge in [-0.05, 0) is 25.5 Å². The van der Waals surface area contributed by atoms with Crippen molar-refractivity contribution in [3.8, 4) is 0 Å². The summed E-state index contributed by atoms with van der Waals surface area (Å²) in [6.45, 7) is 6.08. The average molecular weight is 318 g/mol. The first-order valence-corrected chi connectivity index (χ1v) is 7.99. The standard InChI is InChI=1S/C18H26N2O3/c1-5-6-11-19(4)18(23)10-12-20(15(3)22)17-9-7-8-16(13-17)14(2)21/h7-9,13H,5-6,10-12H2,1-4H3. The molecule has 2 amide bonds. The molecule has 1 aromatic carbocycles. The molecule has 0 aromatic heterocycles. The van der Waals surface area contributed by atoms with Gasteiger partial charge in [-0.3, -0.25) is 14.4 Å². The van der Waals surface area contributed by atoms with Gasteiger partial charge in [0.05, 0.1) is 0 Å². The van der Waals surface area contributed by atoms with Gasteiger partial charge in [0.1, 0.15) is 0 Å². The average Bonchev–Trinajstić information content (AvgIpc) is 2.52. The smallest absolute Gasteiger partial charge is 0.224 e. The molecule has 1 aromatic rings. The zero-order chi connectivity index (χ0) is 17.4. The van der Waals surface area contributed by atoms with Crippen LogP contribution in [0.2, 0.25) is 0 Å². The first kappa shape index (κ1) is 18.9.